The molecule has 1 aromatic heterocycles. The van der Waals surface area contributed by atoms with E-state index in [9.17, 15) is 13.2 Å². The Bertz CT molecular complexity index is 1070. The molecule has 0 bridgehead atoms. The topological polar surface area (TPSA) is 101 Å². The van der Waals surface area contributed by atoms with Crippen molar-refractivity contribution in [3.8, 4) is 0 Å². The normalized spacial score (nSPS) is 12.2. The molecule has 0 aliphatic rings. The monoisotopic (exact) mass is 428 g/mol. The molecular weight excluding hydrogens is 408 g/mol. The van der Waals surface area contributed by atoms with Gasteiger partial charge in [0.2, 0.25) is 11.9 Å². The van der Waals surface area contributed by atoms with Gasteiger partial charge in [0.15, 0.2) is 0 Å². The summed E-state index contributed by atoms with van der Waals surface area (Å²) < 4.78 is 27.1. The highest BCUT2D eigenvalue weighted by Crippen LogP contribution is 2.25. The Hall–Kier alpha value is -2.91. The number of aromatic nitrogens is 2. The number of hydrogen-bond acceptors (Lipinski definition) is 6. The first-order valence-electron chi connectivity index (χ1n) is 8.77. The van der Waals surface area contributed by atoms with Crippen molar-refractivity contribution in [1.82, 2.24) is 9.97 Å². The van der Waals surface area contributed by atoms with E-state index in [4.69, 9.17) is 0 Å². The number of rotatable bonds is 7. The van der Waals surface area contributed by atoms with Gasteiger partial charge >= 0.3 is 0 Å². The fourth-order valence-electron chi connectivity index (χ4n) is 2.37. The number of carbonyl (C=O) groups excluding carboxylic acids is 1. The Morgan fingerprint density at radius 2 is 1.62 bits per heavy atom. The van der Waals surface area contributed by atoms with Crippen molar-refractivity contribution in [3.05, 3.63) is 72.6 Å². The SMILES string of the molecule is Cc1ccc(S[C@@H](C)C(=O)Nc2ccc(S(=O)(=O)Nc3ncccn3)cc2)cc1. The van der Waals surface area contributed by atoms with Gasteiger partial charge in [-0.15, -0.1) is 11.8 Å². The fourth-order valence-corrected chi connectivity index (χ4v) is 4.19. The number of sulfonamides is 1. The summed E-state index contributed by atoms with van der Waals surface area (Å²) >= 11 is 1.46. The maximum absolute atomic E-state index is 12.4. The standard InChI is InChI=1S/C20H20N4O3S2/c1-14-4-8-17(9-5-14)28-15(2)19(25)23-16-6-10-18(11-7-16)29(26,27)24-20-21-12-3-13-22-20/h3-13,15H,1-2H3,(H,23,25)(H,21,22,24)/t15-/m0/s1. The van der Waals surface area contributed by atoms with Crippen LogP contribution >= 0.6 is 11.8 Å². The Labute approximate surface area is 174 Å². The molecule has 0 radical (unpaired) electrons. The predicted molar refractivity (Wildman–Crippen MR) is 114 cm³/mol. The van der Waals surface area contributed by atoms with Gasteiger partial charge in [-0.05, 0) is 56.3 Å². The van der Waals surface area contributed by atoms with Crippen molar-refractivity contribution in [2.24, 2.45) is 0 Å². The highest BCUT2D eigenvalue weighted by atomic mass is 32.2. The van der Waals surface area contributed by atoms with Crippen LogP contribution in [-0.2, 0) is 14.8 Å². The Morgan fingerprint density at radius 1 is 1.00 bits per heavy atom. The van der Waals surface area contributed by atoms with Crippen LogP contribution in [0.15, 0.2) is 76.8 Å². The number of hydrogen-bond donors (Lipinski definition) is 2. The minimum Gasteiger partial charge on any atom is -0.325 e. The number of amides is 1. The van der Waals surface area contributed by atoms with E-state index in [-0.39, 0.29) is 22.0 Å². The number of thioether (sulfide) groups is 1. The summed E-state index contributed by atoms with van der Waals surface area (Å²) in [6.45, 7) is 3.83. The van der Waals surface area contributed by atoms with Gasteiger partial charge in [-0.3, -0.25) is 4.79 Å². The average Bonchev–Trinajstić information content (AvgIpc) is 2.70. The number of carbonyl (C=O) groups is 1. The zero-order valence-electron chi connectivity index (χ0n) is 15.9. The van der Waals surface area contributed by atoms with Crippen LogP contribution in [0.1, 0.15) is 12.5 Å². The highest BCUT2D eigenvalue weighted by molar-refractivity contribution is 8.00. The number of benzene rings is 2. The van der Waals surface area contributed by atoms with E-state index in [0.29, 0.717) is 5.69 Å². The summed E-state index contributed by atoms with van der Waals surface area (Å²) in [5.74, 6) is -0.172. The summed E-state index contributed by atoms with van der Waals surface area (Å²) in [4.78, 5) is 21.2. The number of anilines is 2. The predicted octanol–water partition coefficient (Wildman–Crippen LogP) is 3.71. The molecule has 0 fully saturated rings. The molecule has 0 spiro atoms. The van der Waals surface area contributed by atoms with Crippen LogP contribution < -0.4 is 10.0 Å². The van der Waals surface area contributed by atoms with E-state index >= 15 is 0 Å². The summed E-state index contributed by atoms with van der Waals surface area (Å²) in [5, 5.41) is 2.49. The first-order valence-corrected chi connectivity index (χ1v) is 11.1. The molecule has 7 nitrogen and oxygen atoms in total. The van der Waals surface area contributed by atoms with Crippen LogP contribution in [0, 0.1) is 6.92 Å². The maximum atomic E-state index is 12.4. The molecule has 1 amide bonds. The first kappa shape index (κ1) is 20.8. The van der Waals surface area contributed by atoms with Gasteiger partial charge in [-0.25, -0.2) is 23.1 Å². The molecule has 150 valence electrons. The molecule has 1 heterocycles. The second-order valence-electron chi connectivity index (χ2n) is 6.26. The smallest absolute Gasteiger partial charge is 0.264 e. The van der Waals surface area contributed by atoms with E-state index in [1.54, 1.807) is 18.2 Å². The molecule has 2 aromatic carbocycles. The molecule has 0 aliphatic heterocycles. The number of aryl methyl sites for hydroxylation is 1. The second kappa shape index (κ2) is 9.06. The molecule has 0 aliphatic carbocycles. The summed E-state index contributed by atoms with van der Waals surface area (Å²) in [7, 11) is -3.81. The number of nitrogens with zero attached hydrogens (tertiary/aromatic N) is 2. The molecule has 3 rings (SSSR count). The van der Waals surface area contributed by atoms with Crippen LogP contribution in [0.2, 0.25) is 0 Å². The summed E-state index contributed by atoms with van der Waals surface area (Å²) in [6, 6.07) is 15.5. The molecule has 9 heteroatoms. The lowest BCUT2D eigenvalue weighted by atomic mass is 10.2. The lowest BCUT2D eigenvalue weighted by molar-refractivity contribution is -0.115. The van der Waals surface area contributed by atoms with Gasteiger partial charge in [0, 0.05) is 23.0 Å². The quantitative estimate of drug-likeness (QED) is 0.557. The van der Waals surface area contributed by atoms with E-state index < -0.39 is 10.0 Å². The van der Waals surface area contributed by atoms with Gasteiger partial charge in [-0.2, -0.15) is 0 Å². The molecule has 3 aromatic rings. The van der Waals surface area contributed by atoms with Crippen molar-refractivity contribution < 1.29 is 13.2 Å². The van der Waals surface area contributed by atoms with E-state index in [1.165, 1.54) is 36.3 Å². The molecule has 0 saturated heterocycles. The lowest BCUT2D eigenvalue weighted by Crippen LogP contribution is -2.22. The Kier molecular flexibility index (Phi) is 6.50. The van der Waals surface area contributed by atoms with Crippen molar-refractivity contribution in [1.29, 1.82) is 0 Å². The van der Waals surface area contributed by atoms with Crippen LogP contribution in [0.4, 0.5) is 11.6 Å². The van der Waals surface area contributed by atoms with Crippen LogP contribution in [0.25, 0.3) is 0 Å². The van der Waals surface area contributed by atoms with Crippen molar-refractivity contribution in [3.63, 3.8) is 0 Å². The van der Waals surface area contributed by atoms with Crippen molar-refractivity contribution in [2.75, 3.05) is 10.0 Å². The Balaban J connectivity index is 1.62. The molecular formula is C20H20N4O3S2. The fraction of sp³-hybridized carbons (Fsp3) is 0.150. The van der Waals surface area contributed by atoms with Crippen LogP contribution in [-0.4, -0.2) is 29.5 Å². The number of nitrogens with one attached hydrogen (secondary N) is 2. The van der Waals surface area contributed by atoms with Gasteiger partial charge in [0.05, 0.1) is 10.1 Å². The molecule has 1 atom stereocenters. The summed E-state index contributed by atoms with van der Waals surface area (Å²) in [5.41, 5.74) is 1.68. The van der Waals surface area contributed by atoms with Gasteiger partial charge in [0.25, 0.3) is 10.0 Å². The zero-order chi connectivity index (χ0) is 20.9. The minimum absolute atomic E-state index is 0.00756. The molecule has 0 saturated carbocycles. The first-order chi connectivity index (χ1) is 13.8. The van der Waals surface area contributed by atoms with Crippen molar-refractivity contribution in [2.45, 2.75) is 28.9 Å². The average molecular weight is 429 g/mol. The van der Waals surface area contributed by atoms with Gasteiger partial charge in [0.1, 0.15) is 0 Å². The molecule has 29 heavy (non-hydrogen) atoms. The van der Waals surface area contributed by atoms with E-state index in [2.05, 4.69) is 20.0 Å². The van der Waals surface area contributed by atoms with Gasteiger partial charge in [-0.1, -0.05) is 17.7 Å². The van der Waals surface area contributed by atoms with E-state index in [0.717, 1.165) is 10.5 Å². The van der Waals surface area contributed by atoms with Crippen LogP contribution in [0.3, 0.4) is 0 Å². The summed E-state index contributed by atoms with van der Waals surface area (Å²) in [6.07, 6.45) is 2.89. The Morgan fingerprint density at radius 3 is 2.24 bits per heavy atom. The third kappa shape index (κ3) is 5.78. The van der Waals surface area contributed by atoms with E-state index in [1.807, 2.05) is 38.1 Å². The van der Waals surface area contributed by atoms with Crippen molar-refractivity contribution >= 4 is 39.3 Å². The zero-order valence-corrected chi connectivity index (χ0v) is 17.5. The second-order valence-corrected chi connectivity index (χ2v) is 9.36. The third-order valence-electron chi connectivity index (χ3n) is 3.93. The molecule has 0 unspecified atom stereocenters. The largest absolute Gasteiger partial charge is 0.325 e. The molecule has 2 N–H and O–H groups in total. The van der Waals surface area contributed by atoms with Gasteiger partial charge < -0.3 is 5.32 Å². The minimum atomic E-state index is -3.81. The highest BCUT2D eigenvalue weighted by Gasteiger charge is 2.17. The lowest BCUT2D eigenvalue weighted by Gasteiger charge is -2.13. The third-order valence-corrected chi connectivity index (χ3v) is 6.38. The maximum Gasteiger partial charge on any atom is 0.264 e. The van der Waals surface area contributed by atoms with Crippen LogP contribution in [0.5, 0.6) is 0 Å².